The summed E-state index contributed by atoms with van der Waals surface area (Å²) >= 11 is 0. The molecule has 2 nitrogen and oxygen atoms in total. The molecule has 0 aliphatic carbocycles. The van der Waals surface area contributed by atoms with Crippen LogP contribution in [0.2, 0.25) is 0 Å². The highest BCUT2D eigenvalue weighted by molar-refractivity contribution is 5.35. The molecule has 2 aromatic carbocycles. The minimum atomic E-state index is -0.255. The summed E-state index contributed by atoms with van der Waals surface area (Å²) in [6.45, 7) is 4.17. The van der Waals surface area contributed by atoms with Crippen LogP contribution in [0.1, 0.15) is 25.0 Å². The Bertz CT molecular complexity index is 592. The predicted molar refractivity (Wildman–Crippen MR) is 84.1 cm³/mol. The van der Waals surface area contributed by atoms with E-state index in [1.165, 1.54) is 12.1 Å². The number of hydrogen-bond acceptors (Lipinski definition) is 2. The first kappa shape index (κ1) is 15.5. The van der Waals surface area contributed by atoms with E-state index < -0.39 is 0 Å². The summed E-state index contributed by atoms with van der Waals surface area (Å²) in [6, 6.07) is 14.4. The molecule has 3 heteroatoms. The van der Waals surface area contributed by atoms with Gasteiger partial charge in [0.2, 0.25) is 0 Å². The Morgan fingerprint density at radius 3 is 2.33 bits per heavy atom. The van der Waals surface area contributed by atoms with Gasteiger partial charge in [-0.3, -0.25) is 0 Å². The van der Waals surface area contributed by atoms with Crippen LogP contribution >= 0.6 is 0 Å². The Morgan fingerprint density at radius 1 is 1.10 bits per heavy atom. The number of benzene rings is 2. The van der Waals surface area contributed by atoms with E-state index in [0.717, 1.165) is 16.9 Å². The van der Waals surface area contributed by atoms with Gasteiger partial charge in [0.05, 0.1) is 7.11 Å². The van der Waals surface area contributed by atoms with E-state index in [4.69, 9.17) is 10.5 Å². The molecular weight excluding hydrogens is 265 g/mol. The molecular formula is C18H22FNO. The Balaban J connectivity index is 2.22. The van der Waals surface area contributed by atoms with Crippen LogP contribution in [0.4, 0.5) is 4.39 Å². The lowest BCUT2D eigenvalue weighted by Gasteiger charge is -2.32. The molecule has 112 valence electrons. The van der Waals surface area contributed by atoms with Crippen molar-refractivity contribution in [1.29, 1.82) is 0 Å². The van der Waals surface area contributed by atoms with Gasteiger partial charge in [-0.05, 0) is 35.7 Å². The summed E-state index contributed by atoms with van der Waals surface area (Å²) in [7, 11) is 1.66. The molecule has 2 aromatic rings. The maximum Gasteiger partial charge on any atom is 0.123 e. The topological polar surface area (TPSA) is 35.2 Å². The maximum atomic E-state index is 13.1. The van der Waals surface area contributed by atoms with Crippen molar-refractivity contribution in [3.63, 3.8) is 0 Å². The van der Waals surface area contributed by atoms with Crippen molar-refractivity contribution >= 4 is 0 Å². The average Bonchev–Trinajstić information content (AvgIpc) is 2.48. The number of methoxy groups -OCH3 is 1. The molecule has 0 saturated carbocycles. The number of ether oxygens (including phenoxy) is 1. The maximum absolute atomic E-state index is 13.1. The fourth-order valence-corrected chi connectivity index (χ4v) is 2.46. The van der Waals surface area contributed by atoms with Crippen LogP contribution in [0.5, 0.6) is 5.75 Å². The van der Waals surface area contributed by atoms with Crippen molar-refractivity contribution in [2.24, 2.45) is 5.73 Å². The Hall–Kier alpha value is -1.87. The van der Waals surface area contributed by atoms with Gasteiger partial charge < -0.3 is 10.5 Å². The molecule has 0 aliphatic heterocycles. The molecule has 0 spiro atoms. The van der Waals surface area contributed by atoms with Crippen molar-refractivity contribution in [2.45, 2.75) is 31.7 Å². The van der Waals surface area contributed by atoms with Crippen LogP contribution in [0.15, 0.2) is 48.5 Å². The summed E-state index contributed by atoms with van der Waals surface area (Å²) in [6.07, 6.45) is 0.703. The third-order valence-corrected chi connectivity index (χ3v) is 4.15. The van der Waals surface area contributed by atoms with Crippen LogP contribution in [0.25, 0.3) is 0 Å². The summed E-state index contributed by atoms with van der Waals surface area (Å²) < 4.78 is 18.4. The molecule has 0 saturated heterocycles. The van der Waals surface area contributed by atoms with Gasteiger partial charge in [-0.1, -0.05) is 44.2 Å². The van der Waals surface area contributed by atoms with Gasteiger partial charge in [-0.25, -0.2) is 4.39 Å². The Morgan fingerprint density at radius 2 is 1.71 bits per heavy atom. The van der Waals surface area contributed by atoms with Gasteiger partial charge >= 0.3 is 0 Å². The molecule has 0 radical (unpaired) electrons. The molecule has 0 fully saturated rings. The minimum Gasteiger partial charge on any atom is -0.496 e. The van der Waals surface area contributed by atoms with Crippen molar-refractivity contribution in [3.8, 4) is 5.75 Å². The number of nitrogens with two attached hydrogens (primary N) is 1. The van der Waals surface area contributed by atoms with E-state index in [-0.39, 0.29) is 17.3 Å². The molecule has 1 atom stereocenters. The van der Waals surface area contributed by atoms with Crippen molar-refractivity contribution < 1.29 is 9.13 Å². The first-order valence-electron chi connectivity index (χ1n) is 7.08. The second-order valence-corrected chi connectivity index (χ2v) is 5.85. The SMILES string of the molecule is COc1ccccc1CC(N)C(C)(C)c1ccc(F)cc1. The van der Waals surface area contributed by atoms with E-state index in [1.807, 2.05) is 24.3 Å². The Labute approximate surface area is 125 Å². The summed E-state index contributed by atoms with van der Waals surface area (Å²) in [5.74, 6) is 0.621. The van der Waals surface area contributed by atoms with Crippen LogP contribution < -0.4 is 10.5 Å². The van der Waals surface area contributed by atoms with Crippen LogP contribution in [0, 0.1) is 5.82 Å². The lowest BCUT2D eigenvalue weighted by atomic mass is 9.76. The van der Waals surface area contributed by atoms with E-state index in [9.17, 15) is 4.39 Å². The second kappa shape index (κ2) is 6.27. The first-order chi connectivity index (χ1) is 9.95. The normalized spacial score (nSPS) is 13.0. The molecule has 0 heterocycles. The largest absolute Gasteiger partial charge is 0.496 e. The quantitative estimate of drug-likeness (QED) is 0.910. The zero-order valence-electron chi connectivity index (χ0n) is 12.8. The number of para-hydroxylation sites is 1. The lowest BCUT2D eigenvalue weighted by Crippen LogP contribution is -2.42. The third kappa shape index (κ3) is 3.42. The molecule has 0 aromatic heterocycles. The fourth-order valence-electron chi connectivity index (χ4n) is 2.46. The molecule has 2 N–H and O–H groups in total. The van der Waals surface area contributed by atoms with Crippen molar-refractivity contribution in [1.82, 2.24) is 0 Å². The number of halogens is 1. The Kier molecular flexibility index (Phi) is 4.63. The van der Waals surface area contributed by atoms with Crippen LogP contribution in [0.3, 0.4) is 0 Å². The van der Waals surface area contributed by atoms with Gasteiger partial charge in [0.1, 0.15) is 11.6 Å². The monoisotopic (exact) mass is 287 g/mol. The molecule has 0 amide bonds. The second-order valence-electron chi connectivity index (χ2n) is 5.85. The van der Waals surface area contributed by atoms with Crippen LogP contribution in [-0.2, 0) is 11.8 Å². The van der Waals surface area contributed by atoms with E-state index in [1.54, 1.807) is 19.2 Å². The minimum absolute atomic E-state index is 0.0979. The molecule has 0 aliphatic rings. The van der Waals surface area contributed by atoms with Gasteiger partial charge in [0, 0.05) is 11.5 Å². The first-order valence-corrected chi connectivity index (χ1v) is 7.08. The smallest absolute Gasteiger partial charge is 0.123 e. The standard InChI is InChI=1S/C18H22FNO/c1-18(2,14-8-10-15(19)11-9-14)17(20)12-13-6-4-5-7-16(13)21-3/h4-11,17H,12,20H2,1-3H3. The molecule has 2 rings (SSSR count). The summed E-state index contributed by atoms with van der Waals surface area (Å²) in [5.41, 5.74) is 8.29. The molecule has 1 unspecified atom stereocenters. The summed E-state index contributed by atoms with van der Waals surface area (Å²) in [4.78, 5) is 0. The van der Waals surface area contributed by atoms with Crippen molar-refractivity contribution in [2.75, 3.05) is 7.11 Å². The predicted octanol–water partition coefficient (Wildman–Crippen LogP) is 3.68. The van der Waals surface area contributed by atoms with Gasteiger partial charge in [0.25, 0.3) is 0 Å². The third-order valence-electron chi connectivity index (χ3n) is 4.15. The van der Waals surface area contributed by atoms with Gasteiger partial charge in [-0.2, -0.15) is 0 Å². The average molecular weight is 287 g/mol. The molecule has 21 heavy (non-hydrogen) atoms. The van der Waals surface area contributed by atoms with Gasteiger partial charge in [0.15, 0.2) is 0 Å². The van der Waals surface area contributed by atoms with Crippen LogP contribution in [-0.4, -0.2) is 13.2 Å². The van der Waals surface area contributed by atoms with Crippen molar-refractivity contribution in [3.05, 3.63) is 65.5 Å². The number of hydrogen-bond donors (Lipinski definition) is 1. The highest BCUT2D eigenvalue weighted by atomic mass is 19.1. The highest BCUT2D eigenvalue weighted by Gasteiger charge is 2.29. The van der Waals surface area contributed by atoms with E-state index in [2.05, 4.69) is 13.8 Å². The van der Waals surface area contributed by atoms with E-state index in [0.29, 0.717) is 6.42 Å². The highest BCUT2D eigenvalue weighted by Crippen LogP contribution is 2.30. The van der Waals surface area contributed by atoms with Gasteiger partial charge in [-0.15, -0.1) is 0 Å². The van der Waals surface area contributed by atoms with E-state index >= 15 is 0 Å². The zero-order chi connectivity index (χ0) is 15.5. The lowest BCUT2D eigenvalue weighted by molar-refractivity contribution is 0.385. The fraction of sp³-hybridized carbons (Fsp3) is 0.333. The summed E-state index contributed by atoms with van der Waals surface area (Å²) in [5, 5.41) is 0. The molecule has 0 bridgehead atoms. The number of rotatable bonds is 5. The zero-order valence-corrected chi connectivity index (χ0v) is 12.8.